The molecule has 0 saturated heterocycles. The number of nitrogens with two attached hydrogens (primary N) is 1. The maximum atomic E-state index is 11.9. The van der Waals surface area contributed by atoms with E-state index >= 15 is 0 Å². The van der Waals surface area contributed by atoms with Crippen LogP contribution in [0.4, 0.5) is 0 Å². The van der Waals surface area contributed by atoms with E-state index in [9.17, 15) is 4.79 Å². The number of carbonyl (C=O) groups is 1. The lowest BCUT2D eigenvalue weighted by molar-refractivity contribution is -0.121. The van der Waals surface area contributed by atoms with E-state index in [2.05, 4.69) is 48.8 Å². The number of aryl methyl sites for hydroxylation is 1. The highest BCUT2D eigenvalue weighted by molar-refractivity contribution is 7.17. The molecule has 1 amide bonds. The van der Waals surface area contributed by atoms with Crippen LogP contribution in [0.25, 0.3) is 10.1 Å². The van der Waals surface area contributed by atoms with Gasteiger partial charge >= 0.3 is 0 Å². The molecule has 1 heterocycles. The van der Waals surface area contributed by atoms with Crippen LogP contribution in [0.1, 0.15) is 45.1 Å². The van der Waals surface area contributed by atoms with Crippen LogP contribution in [-0.2, 0) is 11.2 Å². The van der Waals surface area contributed by atoms with Crippen molar-refractivity contribution in [3.63, 3.8) is 0 Å². The molecule has 0 unspecified atom stereocenters. The van der Waals surface area contributed by atoms with Gasteiger partial charge in [0, 0.05) is 23.2 Å². The molecule has 0 fully saturated rings. The second-order valence-electron chi connectivity index (χ2n) is 5.96. The van der Waals surface area contributed by atoms with Crippen LogP contribution in [0, 0.1) is 0 Å². The molecule has 23 heavy (non-hydrogen) atoms. The summed E-state index contributed by atoms with van der Waals surface area (Å²) in [7, 11) is 0. The van der Waals surface area contributed by atoms with Gasteiger partial charge in [-0.25, -0.2) is 0 Å². The summed E-state index contributed by atoms with van der Waals surface area (Å²) < 4.78 is 1.32. The van der Waals surface area contributed by atoms with E-state index in [0.29, 0.717) is 13.0 Å². The van der Waals surface area contributed by atoms with Crippen LogP contribution in [0.15, 0.2) is 29.6 Å². The summed E-state index contributed by atoms with van der Waals surface area (Å²) >= 11 is 1.78. The molecule has 0 aliphatic rings. The van der Waals surface area contributed by atoms with Gasteiger partial charge in [0.15, 0.2) is 0 Å². The standard InChI is InChI=1S/C18H26N2OS.ClH/c1-3-18(19,4-2)13-20-17(21)11-7-8-14-12-22-16-10-6-5-9-15(14)16;/h5-6,9-10,12H,3-4,7-8,11,13,19H2,1-2H3,(H,20,21);1H. The zero-order valence-corrected chi connectivity index (χ0v) is 15.6. The number of fused-ring (bicyclic) bond motifs is 1. The predicted molar refractivity (Wildman–Crippen MR) is 103 cm³/mol. The summed E-state index contributed by atoms with van der Waals surface area (Å²) in [4.78, 5) is 11.9. The molecule has 3 N–H and O–H groups in total. The van der Waals surface area contributed by atoms with Crippen LogP contribution in [-0.4, -0.2) is 18.0 Å². The third kappa shape index (κ3) is 5.48. The smallest absolute Gasteiger partial charge is 0.220 e. The number of hydrogen-bond donors (Lipinski definition) is 2. The lowest BCUT2D eigenvalue weighted by Gasteiger charge is -2.26. The van der Waals surface area contributed by atoms with Crippen molar-refractivity contribution in [3.8, 4) is 0 Å². The highest BCUT2D eigenvalue weighted by Crippen LogP contribution is 2.26. The predicted octanol–water partition coefficient (Wildman–Crippen LogP) is 4.28. The largest absolute Gasteiger partial charge is 0.354 e. The molecule has 0 radical (unpaired) electrons. The number of nitrogens with one attached hydrogen (secondary N) is 1. The Hall–Kier alpha value is -1.10. The van der Waals surface area contributed by atoms with Gasteiger partial charge in [-0.3, -0.25) is 4.79 Å². The fraction of sp³-hybridized carbons (Fsp3) is 0.500. The summed E-state index contributed by atoms with van der Waals surface area (Å²) in [5.74, 6) is 0.108. The van der Waals surface area contributed by atoms with Gasteiger partial charge in [-0.05, 0) is 48.1 Å². The highest BCUT2D eigenvalue weighted by atomic mass is 35.5. The number of thiophene rings is 1. The zero-order valence-electron chi connectivity index (χ0n) is 13.9. The molecule has 2 rings (SSSR count). The lowest BCUT2D eigenvalue weighted by Crippen LogP contribution is -2.49. The quantitative estimate of drug-likeness (QED) is 0.743. The number of halogens is 1. The Labute approximate surface area is 149 Å². The zero-order chi connectivity index (χ0) is 16.0. The fourth-order valence-electron chi connectivity index (χ4n) is 2.53. The Balaban J connectivity index is 0.00000264. The first-order valence-electron chi connectivity index (χ1n) is 8.08. The third-order valence-electron chi connectivity index (χ3n) is 4.46. The lowest BCUT2D eigenvalue weighted by atomic mass is 9.94. The molecule has 1 aromatic carbocycles. The SMILES string of the molecule is CCC(N)(CC)CNC(=O)CCCc1csc2ccccc12.Cl. The second-order valence-corrected chi connectivity index (χ2v) is 6.87. The molecular formula is C18H27ClN2OS. The van der Waals surface area contributed by atoms with Gasteiger partial charge in [-0.1, -0.05) is 32.0 Å². The summed E-state index contributed by atoms with van der Waals surface area (Å²) in [5.41, 5.74) is 7.29. The number of rotatable bonds is 8. The summed E-state index contributed by atoms with van der Waals surface area (Å²) in [6.07, 6.45) is 4.15. The monoisotopic (exact) mass is 354 g/mol. The van der Waals surface area contributed by atoms with Crippen molar-refractivity contribution < 1.29 is 4.79 Å². The van der Waals surface area contributed by atoms with Crippen molar-refractivity contribution in [1.82, 2.24) is 5.32 Å². The number of hydrogen-bond acceptors (Lipinski definition) is 3. The van der Waals surface area contributed by atoms with Gasteiger partial charge in [-0.15, -0.1) is 23.7 Å². The minimum absolute atomic E-state index is 0. The molecule has 0 bridgehead atoms. The van der Waals surface area contributed by atoms with Crippen molar-refractivity contribution in [1.29, 1.82) is 0 Å². The maximum Gasteiger partial charge on any atom is 0.220 e. The Morgan fingerprint density at radius 2 is 1.96 bits per heavy atom. The number of benzene rings is 1. The van der Waals surface area contributed by atoms with Crippen LogP contribution >= 0.6 is 23.7 Å². The van der Waals surface area contributed by atoms with Gasteiger partial charge in [0.25, 0.3) is 0 Å². The number of amides is 1. The van der Waals surface area contributed by atoms with E-state index < -0.39 is 0 Å². The van der Waals surface area contributed by atoms with E-state index in [0.717, 1.165) is 25.7 Å². The Morgan fingerprint density at radius 1 is 1.26 bits per heavy atom. The average molecular weight is 355 g/mol. The summed E-state index contributed by atoms with van der Waals surface area (Å²) in [5, 5.41) is 6.52. The molecule has 0 aliphatic carbocycles. The molecule has 128 valence electrons. The van der Waals surface area contributed by atoms with Gasteiger partial charge in [0.05, 0.1) is 0 Å². The van der Waals surface area contributed by atoms with Crippen LogP contribution < -0.4 is 11.1 Å². The fourth-order valence-corrected chi connectivity index (χ4v) is 3.53. The van der Waals surface area contributed by atoms with E-state index in [1.807, 2.05) is 0 Å². The maximum absolute atomic E-state index is 11.9. The van der Waals surface area contributed by atoms with E-state index in [1.165, 1.54) is 15.6 Å². The minimum Gasteiger partial charge on any atom is -0.354 e. The molecule has 5 heteroatoms. The van der Waals surface area contributed by atoms with E-state index in [-0.39, 0.29) is 23.9 Å². The minimum atomic E-state index is -0.265. The van der Waals surface area contributed by atoms with E-state index in [4.69, 9.17) is 5.73 Å². The Kier molecular flexibility index (Phi) is 8.03. The summed E-state index contributed by atoms with van der Waals surface area (Å²) in [6.45, 7) is 4.70. The molecule has 0 atom stereocenters. The van der Waals surface area contributed by atoms with Crippen molar-refractivity contribution >= 4 is 39.7 Å². The molecule has 0 aliphatic heterocycles. The van der Waals surface area contributed by atoms with Gasteiger partial charge in [0.2, 0.25) is 5.91 Å². The first-order valence-corrected chi connectivity index (χ1v) is 8.96. The Bertz CT molecular complexity index is 622. The van der Waals surface area contributed by atoms with Crippen molar-refractivity contribution in [2.75, 3.05) is 6.54 Å². The average Bonchev–Trinajstić information content (AvgIpc) is 2.96. The van der Waals surface area contributed by atoms with E-state index in [1.54, 1.807) is 11.3 Å². The highest BCUT2D eigenvalue weighted by Gasteiger charge is 2.20. The molecule has 0 spiro atoms. The Morgan fingerprint density at radius 3 is 2.65 bits per heavy atom. The third-order valence-corrected chi connectivity index (χ3v) is 5.47. The molecule has 1 aromatic heterocycles. The first-order chi connectivity index (χ1) is 10.6. The van der Waals surface area contributed by atoms with Gasteiger partial charge in [0.1, 0.15) is 0 Å². The van der Waals surface area contributed by atoms with Crippen molar-refractivity contribution in [3.05, 3.63) is 35.2 Å². The molecule has 0 saturated carbocycles. The van der Waals surface area contributed by atoms with Crippen molar-refractivity contribution in [2.24, 2.45) is 5.73 Å². The summed E-state index contributed by atoms with van der Waals surface area (Å²) in [6, 6.07) is 8.44. The van der Waals surface area contributed by atoms with Crippen molar-refractivity contribution in [2.45, 2.75) is 51.5 Å². The second kappa shape index (κ2) is 9.26. The van der Waals surface area contributed by atoms with Gasteiger partial charge < -0.3 is 11.1 Å². The molecular weight excluding hydrogens is 328 g/mol. The van der Waals surface area contributed by atoms with Gasteiger partial charge in [-0.2, -0.15) is 0 Å². The van der Waals surface area contributed by atoms with Crippen LogP contribution in [0.2, 0.25) is 0 Å². The first kappa shape index (κ1) is 19.9. The molecule has 2 aromatic rings. The van der Waals surface area contributed by atoms with Crippen LogP contribution in [0.3, 0.4) is 0 Å². The normalized spacial score (nSPS) is 11.3. The number of carbonyl (C=O) groups excluding carboxylic acids is 1. The van der Waals surface area contributed by atoms with Crippen LogP contribution in [0.5, 0.6) is 0 Å². The molecule has 3 nitrogen and oxygen atoms in total. The topological polar surface area (TPSA) is 55.1 Å².